The third kappa shape index (κ3) is 5.29. The highest BCUT2D eigenvalue weighted by atomic mass is 16.3. The van der Waals surface area contributed by atoms with E-state index < -0.39 is 0 Å². The maximum atomic E-state index is 6.67. The number of anilines is 3. The fraction of sp³-hybridized carbons (Fsp3) is 0. The van der Waals surface area contributed by atoms with Gasteiger partial charge in [-0.25, -0.2) is 0 Å². The standard InChI is InChI=1S/C56H36N2O/c1-2-15-40(16-3-1)58-52-25-10-8-20-47(52)49-23-12-22-44(55(49)58)37-28-32-41(33-29-37)57(53-26-13-24-50-48-21-9-11-27-54(48)59-56(50)53)42-34-30-38(31-35-42)51-36-39-14-4-5-17-43(39)45-18-6-7-19-46(45)51/h1-36H. The molecular formula is C56H36N2O. The van der Waals surface area contributed by atoms with Crippen molar-refractivity contribution in [3.8, 4) is 27.9 Å². The first-order chi connectivity index (χ1) is 29.3. The van der Waals surface area contributed by atoms with Crippen molar-refractivity contribution < 1.29 is 4.42 Å². The monoisotopic (exact) mass is 752 g/mol. The summed E-state index contributed by atoms with van der Waals surface area (Å²) in [5, 5.41) is 9.72. The van der Waals surface area contributed by atoms with Gasteiger partial charge in [0.2, 0.25) is 0 Å². The van der Waals surface area contributed by atoms with E-state index in [0.717, 1.165) is 50.3 Å². The molecule has 0 atom stereocenters. The van der Waals surface area contributed by atoms with E-state index >= 15 is 0 Å². The van der Waals surface area contributed by atoms with Gasteiger partial charge < -0.3 is 13.9 Å². The van der Waals surface area contributed by atoms with E-state index in [0.29, 0.717) is 0 Å². The third-order valence-corrected chi connectivity index (χ3v) is 12.0. The zero-order chi connectivity index (χ0) is 38.9. The maximum Gasteiger partial charge on any atom is 0.159 e. The van der Waals surface area contributed by atoms with Gasteiger partial charge in [0.1, 0.15) is 5.58 Å². The molecule has 0 radical (unpaired) electrons. The van der Waals surface area contributed by atoms with Crippen LogP contribution in [-0.2, 0) is 0 Å². The Hall–Kier alpha value is -7.88. The molecule has 0 saturated heterocycles. The van der Waals surface area contributed by atoms with Crippen LogP contribution >= 0.6 is 0 Å². The number of benzene rings is 10. The van der Waals surface area contributed by atoms with Gasteiger partial charge in [0.25, 0.3) is 0 Å². The molecule has 0 spiro atoms. The highest BCUT2D eigenvalue weighted by Crippen LogP contribution is 2.45. The minimum absolute atomic E-state index is 0.861. The molecule has 276 valence electrons. The molecule has 0 fully saturated rings. The second-order valence-electron chi connectivity index (χ2n) is 15.3. The second kappa shape index (κ2) is 13.4. The van der Waals surface area contributed by atoms with Crippen LogP contribution in [0, 0.1) is 0 Å². The number of hydrogen-bond donors (Lipinski definition) is 0. The van der Waals surface area contributed by atoms with Gasteiger partial charge in [-0.05, 0) is 98.9 Å². The first-order valence-electron chi connectivity index (χ1n) is 20.2. The zero-order valence-corrected chi connectivity index (χ0v) is 32.1. The number of fused-ring (bicyclic) bond motifs is 9. The first kappa shape index (κ1) is 33.3. The summed E-state index contributed by atoms with van der Waals surface area (Å²) in [5.41, 5.74) is 13.1. The summed E-state index contributed by atoms with van der Waals surface area (Å²) in [6.45, 7) is 0. The van der Waals surface area contributed by atoms with Crippen molar-refractivity contribution in [2.45, 2.75) is 0 Å². The van der Waals surface area contributed by atoms with E-state index in [9.17, 15) is 0 Å². The Labute approximate surface area is 341 Å². The molecule has 2 aromatic heterocycles. The zero-order valence-electron chi connectivity index (χ0n) is 32.1. The Kier molecular flexibility index (Phi) is 7.54. The molecule has 2 heterocycles. The molecule has 59 heavy (non-hydrogen) atoms. The lowest BCUT2D eigenvalue weighted by Crippen LogP contribution is -2.10. The number of nitrogens with zero attached hydrogens (tertiary/aromatic N) is 2. The van der Waals surface area contributed by atoms with E-state index in [1.807, 2.05) is 6.07 Å². The summed E-state index contributed by atoms with van der Waals surface area (Å²) in [7, 11) is 0. The number of aromatic nitrogens is 1. The molecule has 0 bridgehead atoms. The predicted molar refractivity (Wildman–Crippen MR) is 249 cm³/mol. The largest absolute Gasteiger partial charge is 0.454 e. The minimum atomic E-state index is 0.861. The Morgan fingerprint density at radius 3 is 1.73 bits per heavy atom. The average molecular weight is 753 g/mol. The van der Waals surface area contributed by atoms with Crippen molar-refractivity contribution in [1.82, 2.24) is 4.57 Å². The summed E-state index contributed by atoms with van der Waals surface area (Å²) >= 11 is 0. The van der Waals surface area contributed by atoms with Crippen molar-refractivity contribution in [2.24, 2.45) is 0 Å². The van der Waals surface area contributed by atoms with Crippen molar-refractivity contribution in [1.29, 1.82) is 0 Å². The van der Waals surface area contributed by atoms with Crippen molar-refractivity contribution >= 4 is 82.4 Å². The fourth-order valence-corrected chi connectivity index (χ4v) is 9.31. The third-order valence-electron chi connectivity index (χ3n) is 12.0. The van der Waals surface area contributed by atoms with Crippen LogP contribution in [0.3, 0.4) is 0 Å². The highest BCUT2D eigenvalue weighted by Gasteiger charge is 2.21. The summed E-state index contributed by atoms with van der Waals surface area (Å²) in [5.74, 6) is 0. The lowest BCUT2D eigenvalue weighted by Gasteiger charge is -2.26. The van der Waals surface area contributed by atoms with E-state index in [2.05, 4.69) is 222 Å². The molecule has 3 nitrogen and oxygen atoms in total. The molecule has 12 rings (SSSR count). The van der Waals surface area contributed by atoms with Crippen LogP contribution in [0.25, 0.3) is 93.2 Å². The van der Waals surface area contributed by atoms with Crippen molar-refractivity contribution in [3.05, 3.63) is 218 Å². The van der Waals surface area contributed by atoms with Crippen molar-refractivity contribution in [2.75, 3.05) is 4.90 Å². The summed E-state index contributed by atoms with van der Waals surface area (Å²) in [6, 6.07) is 78.6. The van der Waals surface area contributed by atoms with Gasteiger partial charge in [-0.15, -0.1) is 0 Å². The van der Waals surface area contributed by atoms with Crippen LogP contribution < -0.4 is 4.90 Å². The number of furan rings is 1. The Morgan fingerprint density at radius 2 is 0.949 bits per heavy atom. The number of hydrogen-bond acceptors (Lipinski definition) is 2. The molecule has 12 aromatic rings. The van der Waals surface area contributed by atoms with E-state index in [4.69, 9.17) is 4.42 Å². The second-order valence-corrected chi connectivity index (χ2v) is 15.3. The lowest BCUT2D eigenvalue weighted by molar-refractivity contribution is 0.669. The van der Waals surface area contributed by atoms with Crippen LogP contribution in [0.1, 0.15) is 0 Å². The molecule has 0 aliphatic carbocycles. The van der Waals surface area contributed by atoms with Gasteiger partial charge >= 0.3 is 0 Å². The lowest BCUT2D eigenvalue weighted by atomic mass is 9.93. The fourth-order valence-electron chi connectivity index (χ4n) is 9.31. The molecule has 10 aromatic carbocycles. The molecule has 0 amide bonds. The van der Waals surface area contributed by atoms with Gasteiger partial charge in [0, 0.05) is 44.2 Å². The topological polar surface area (TPSA) is 21.3 Å². The Balaban J connectivity index is 1.02. The van der Waals surface area contributed by atoms with Gasteiger partial charge in [-0.1, -0.05) is 158 Å². The molecule has 0 N–H and O–H groups in total. The number of para-hydroxylation sites is 5. The van der Waals surface area contributed by atoms with Crippen LogP contribution in [0.15, 0.2) is 223 Å². The van der Waals surface area contributed by atoms with Crippen LogP contribution in [0.2, 0.25) is 0 Å². The van der Waals surface area contributed by atoms with E-state index in [1.54, 1.807) is 0 Å². The Morgan fingerprint density at radius 1 is 0.373 bits per heavy atom. The highest BCUT2D eigenvalue weighted by molar-refractivity contribution is 6.15. The Bertz CT molecular complexity index is 3540. The van der Waals surface area contributed by atoms with Crippen molar-refractivity contribution in [3.63, 3.8) is 0 Å². The molecule has 0 aliphatic rings. The minimum Gasteiger partial charge on any atom is -0.454 e. The molecule has 0 unspecified atom stereocenters. The summed E-state index contributed by atoms with van der Waals surface area (Å²) in [6.07, 6.45) is 0. The molecule has 0 aliphatic heterocycles. The maximum absolute atomic E-state index is 6.67. The van der Waals surface area contributed by atoms with Crippen LogP contribution in [0.5, 0.6) is 0 Å². The summed E-state index contributed by atoms with van der Waals surface area (Å²) < 4.78 is 9.08. The van der Waals surface area contributed by atoms with Crippen LogP contribution in [0.4, 0.5) is 17.1 Å². The SMILES string of the molecule is c1ccc(-n2c3ccccc3c3cccc(-c4ccc(N(c5ccc(-c6cc7ccccc7c7ccccc67)cc5)c5cccc6c5oc5ccccc56)cc4)c32)cc1. The van der Waals surface area contributed by atoms with Gasteiger partial charge in [-0.2, -0.15) is 0 Å². The number of rotatable bonds is 6. The van der Waals surface area contributed by atoms with E-state index in [-0.39, 0.29) is 0 Å². The van der Waals surface area contributed by atoms with Gasteiger partial charge in [-0.3, -0.25) is 0 Å². The predicted octanol–water partition coefficient (Wildman–Crippen LogP) is 15.8. The molecule has 0 saturated carbocycles. The molecular weight excluding hydrogens is 717 g/mol. The van der Waals surface area contributed by atoms with E-state index in [1.165, 1.54) is 60.0 Å². The van der Waals surface area contributed by atoms with Crippen LogP contribution in [-0.4, -0.2) is 4.57 Å². The van der Waals surface area contributed by atoms with Gasteiger partial charge in [0.05, 0.1) is 16.7 Å². The smallest absolute Gasteiger partial charge is 0.159 e. The average Bonchev–Trinajstić information content (AvgIpc) is 3.86. The first-order valence-corrected chi connectivity index (χ1v) is 20.2. The summed E-state index contributed by atoms with van der Waals surface area (Å²) in [4.78, 5) is 2.33. The normalized spacial score (nSPS) is 11.7. The van der Waals surface area contributed by atoms with Gasteiger partial charge in [0.15, 0.2) is 5.58 Å². The quantitative estimate of drug-likeness (QED) is 0.158. The molecule has 3 heteroatoms.